The van der Waals surface area contributed by atoms with Crippen LogP contribution in [0.3, 0.4) is 0 Å². The van der Waals surface area contributed by atoms with E-state index in [0.717, 1.165) is 0 Å². The van der Waals surface area contributed by atoms with Gasteiger partial charge in [0.2, 0.25) is 0 Å². The molecule has 3 aromatic rings. The van der Waals surface area contributed by atoms with Crippen LogP contribution >= 0.6 is 23.8 Å². The van der Waals surface area contributed by atoms with Gasteiger partial charge in [-0.2, -0.15) is 14.0 Å². The number of hydrogen-bond acceptors (Lipinski definition) is 6. The summed E-state index contributed by atoms with van der Waals surface area (Å²) in [6, 6.07) is 12.4. The summed E-state index contributed by atoms with van der Waals surface area (Å²) in [5.74, 6) is -0.787. The number of carbonyl (C=O) groups is 1. The van der Waals surface area contributed by atoms with Gasteiger partial charge in [-0.3, -0.25) is 10.1 Å². The Morgan fingerprint density at radius 3 is 2.55 bits per heavy atom. The third-order valence-corrected chi connectivity index (χ3v) is 4.79. The molecule has 8 nitrogen and oxygen atoms in total. The van der Waals surface area contributed by atoms with Gasteiger partial charge >= 0.3 is 6.61 Å². The molecule has 0 spiro atoms. The second kappa shape index (κ2) is 10.3. The zero-order chi connectivity index (χ0) is 24.1. The molecule has 0 bridgehead atoms. The third kappa shape index (κ3) is 5.79. The number of nitrogens with zero attached hydrogens (tertiary/aromatic N) is 4. The number of nitriles is 1. The molecule has 1 heterocycles. The average molecular weight is 491 g/mol. The molecule has 0 unspecified atom stereocenters. The van der Waals surface area contributed by atoms with Crippen molar-refractivity contribution in [2.45, 2.75) is 26.4 Å². The minimum Gasteiger partial charge on any atom is -0.435 e. The van der Waals surface area contributed by atoms with Crippen molar-refractivity contribution in [1.29, 1.82) is 5.26 Å². The molecule has 12 heteroatoms. The summed E-state index contributed by atoms with van der Waals surface area (Å²) in [6.07, 6.45) is 0. The number of alkyl halides is 2. The van der Waals surface area contributed by atoms with E-state index in [2.05, 4.69) is 25.7 Å². The Kier molecular flexibility index (Phi) is 7.52. The Morgan fingerprint density at radius 1 is 1.24 bits per heavy atom. The highest BCUT2D eigenvalue weighted by atomic mass is 35.5. The van der Waals surface area contributed by atoms with Crippen LogP contribution in [0, 0.1) is 11.3 Å². The first-order valence-electron chi connectivity index (χ1n) is 9.52. The predicted molar refractivity (Wildman–Crippen MR) is 122 cm³/mol. The van der Waals surface area contributed by atoms with E-state index < -0.39 is 12.5 Å². The lowest BCUT2D eigenvalue weighted by atomic mass is 10.1. The quantitative estimate of drug-likeness (QED) is 0.485. The molecule has 33 heavy (non-hydrogen) atoms. The lowest BCUT2D eigenvalue weighted by Crippen LogP contribution is -2.35. The van der Waals surface area contributed by atoms with Crippen molar-refractivity contribution in [2.75, 3.05) is 5.32 Å². The molecule has 3 rings (SSSR count). The van der Waals surface area contributed by atoms with Gasteiger partial charge in [-0.1, -0.05) is 30.7 Å². The van der Waals surface area contributed by atoms with E-state index in [1.807, 2.05) is 19.9 Å². The van der Waals surface area contributed by atoms with Crippen LogP contribution in [0.1, 0.15) is 41.5 Å². The topological polar surface area (TPSA) is 105 Å². The fourth-order valence-corrected chi connectivity index (χ4v) is 3.34. The van der Waals surface area contributed by atoms with Crippen LogP contribution < -0.4 is 15.4 Å². The van der Waals surface area contributed by atoms with Crippen LogP contribution in [0.4, 0.5) is 14.5 Å². The molecular formula is C21H17ClF2N6O2S. The lowest BCUT2D eigenvalue weighted by Gasteiger charge is -2.13. The molecule has 0 aliphatic carbocycles. The number of amides is 1. The molecule has 0 atom stereocenters. The number of benzene rings is 2. The fraction of sp³-hybridized carbons (Fsp3) is 0.190. The Bertz CT molecular complexity index is 1220. The summed E-state index contributed by atoms with van der Waals surface area (Å²) in [4.78, 5) is 12.9. The first-order chi connectivity index (χ1) is 15.7. The molecule has 0 aliphatic rings. The summed E-state index contributed by atoms with van der Waals surface area (Å²) in [6.45, 7) is 0.765. The van der Waals surface area contributed by atoms with Crippen LogP contribution in [0.5, 0.6) is 5.75 Å². The van der Waals surface area contributed by atoms with Crippen molar-refractivity contribution in [3.63, 3.8) is 0 Å². The van der Waals surface area contributed by atoms with Crippen molar-refractivity contribution >= 4 is 40.5 Å². The fourth-order valence-electron chi connectivity index (χ4n) is 2.96. The number of aromatic nitrogens is 3. The van der Waals surface area contributed by atoms with Gasteiger partial charge in [0.1, 0.15) is 11.8 Å². The van der Waals surface area contributed by atoms with E-state index in [1.165, 1.54) is 41.1 Å². The number of hydrogen-bond donors (Lipinski definition) is 2. The minimum absolute atomic E-state index is 0.00731. The maximum absolute atomic E-state index is 12.9. The van der Waals surface area contributed by atoms with E-state index in [0.29, 0.717) is 27.7 Å². The largest absolute Gasteiger partial charge is 0.435 e. The maximum atomic E-state index is 12.9. The Balaban J connectivity index is 1.81. The molecule has 0 saturated heterocycles. The number of ether oxygens (including phenoxy) is 1. The van der Waals surface area contributed by atoms with Gasteiger partial charge in [0.25, 0.3) is 5.91 Å². The average Bonchev–Trinajstić information content (AvgIpc) is 3.19. The number of nitrogens with one attached hydrogen (secondary N) is 2. The van der Waals surface area contributed by atoms with Gasteiger partial charge in [0, 0.05) is 5.02 Å². The summed E-state index contributed by atoms with van der Waals surface area (Å²) < 4.78 is 30.5. The lowest BCUT2D eigenvalue weighted by molar-refractivity contribution is -0.0498. The number of rotatable bonds is 6. The monoisotopic (exact) mass is 490 g/mol. The molecule has 1 amide bonds. The highest BCUT2D eigenvalue weighted by molar-refractivity contribution is 7.80. The molecule has 2 aromatic carbocycles. The van der Waals surface area contributed by atoms with E-state index in [1.54, 1.807) is 6.07 Å². The molecule has 0 fully saturated rings. The van der Waals surface area contributed by atoms with Crippen molar-refractivity contribution in [3.8, 4) is 17.5 Å². The standard InChI is InChI=1S/C21H17ClF2N6O2S/c1-11(2)18-17(28-29-30(18)14-5-7-15(8-6-14)32-20(23)24)19(31)27-21(33)26-16-9-13(22)4-3-12(16)10-25/h3-9,11,20H,1-2H3,(H2,26,27,31,33). The smallest absolute Gasteiger partial charge is 0.387 e. The first kappa shape index (κ1) is 24.0. The molecule has 2 N–H and O–H groups in total. The second-order valence-corrected chi connectivity index (χ2v) is 7.82. The predicted octanol–water partition coefficient (Wildman–Crippen LogP) is 4.64. The van der Waals surface area contributed by atoms with E-state index >= 15 is 0 Å². The summed E-state index contributed by atoms with van der Waals surface area (Å²) in [5.41, 5.74) is 1.66. The zero-order valence-corrected chi connectivity index (χ0v) is 18.9. The van der Waals surface area contributed by atoms with Gasteiger partial charge in [-0.25, -0.2) is 4.68 Å². The SMILES string of the molecule is CC(C)c1c(C(=O)NC(=S)Nc2cc(Cl)ccc2C#N)nnn1-c1ccc(OC(F)F)cc1. The maximum Gasteiger partial charge on any atom is 0.387 e. The van der Waals surface area contributed by atoms with Gasteiger partial charge in [-0.15, -0.1) is 5.10 Å². The Labute approximate surface area is 198 Å². The third-order valence-electron chi connectivity index (χ3n) is 4.35. The normalized spacial score (nSPS) is 10.7. The first-order valence-corrected chi connectivity index (χ1v) is 10.3. The molecule has 170 valence electrons. The van der Waals surface area contributed by atoms with Crippen LogP contribution in [0.15, 0.2) is 42.5 Å². The van der Waals surface area contributed by atoms with Gasteiger partial charge < -0.3 is 10.1 Å². The van der Waals surface area contributed by atoms with Gasteiger partial charge in [0.05, 0.1) is 22.6 Å². The van der Waals surface area contributed by atoms with Crippen molar-refractivity contribution in [1.82, 2.24) is 20.3 Å². The highest BCUT2D eigenvalue weighted by Gasteiger charge is 2.24. The number of carbonyl (C=O) groups excluding carboxylic acids is 1. The van der Waals surface area contributed by atoms with Gasteiger partial charge in [0.15, 0.2) is 10.8 Å². The highest BCUT2D eigenvalue weighted by Crippen LogP contribution is 2.24. The van der Waals surface area contributed by atoms with Crippen molar-refractivity contribution in [3.05, 3.63) is 64.4 Å². The minimum atomic E-state index is -2.93. The summed E-state index contributed by atoms with van der Waals surface area (Å²) in [7, 11) is 0. The number of thiocarbonyl (C=S) groups is 1. The van der Waals surface area contributed by atoms with E-state index in [-0.39, 0.29) is 22.5 Å². The molecule has 1 aromatic heterocycles. The Hall–Kier alpha value is -3.62. The van der Waals surface area contributed by atoms with Crippen LogP contribution in [0.2, 0.25) is 5.02 Å². The molecule has 0 saturated carbocycles. The summed E-state index contributed by atoms with van der Waals surface area (Å²) in [5, 5.41) is 22.9. The van der Waals surface area contributed by atoms with E-state index in [9.17, 15) is 18.8 Å². The molecule has 0 radical (unpaired) electrons. The molecule has 0 aliphatic heterocycles. The van der Waals surface area contributed by atoms with Crippen LogP contribution in [-0.2, 0) is 0 Å². The number of anilines is 1. The van der Waals surface area contributed by atoms with Crippen LogP contribution in [0.25, 0.3) is 5.69 Å². The van der Waals surface area contributed by atoms with E-state index in [4.69, 9.17) is 23.8 Å². The second-order valence-electron chi connectivity index (χ2n) is 6.97. The zero-order valence-electron chi connectivity index (χ0n) is 17.3. The van der Waals surface area contributed by atoms with Crippen molar-refractivity contribution < 1.29 is 18.3 Å². The van der Waals surface area contributed by atoms with Crippen LogP contribution in [-0.4, -0.2) is 32.6 Å². The summed E-state index contributed by atoms with van der Waals surface area (Å²) >= 11 is 11.2. The Morgan fingerprint density at radius 2 is 1.94 bits per heavy atom. The molecular weight excluding hydrogens is 474 g/mol. The van der Waals surface area contributed by atoms with Gasteiger partial charge in [-0.05, 0) is 60.6 Å². The number of halogens is 3. The van der Waals surface area contributed by atoms with Crippen molar-refractivity contribution in [2.24, 2.45) is 0 Å².